The van der Waals surface area contributed by atoms with E-state index in [0.717, 1.165) is 4.48 Å². The van der Waals surface area contributed by atoms with Crippen LogP contribution in [0.5, 0.6) is 5.75 Å². The van der Waals surface area contributed by atoms with Gasteiger partial charge in [-0.25, -0.2) is 0 Å². The van der Waals surface area contributed by atoms with Gasteiger partial charge in [0.2, 0.25) is 0 Å². The van der Waals surface area contributed by atoms with Crippen LogP contribution in [0.4, 0.5) is 5.69 Å². The Kier molecular flexibility index (Phi) is 2.50. The van der Waals surface area contributed by atoms with Crippen LogP contribution >= 0.6 is 15.9 Å². The quantitative estimate of drug-likeness (QED) is 0.585. The highest BCUT2D eigenvalue weighted by Crippen LogP contribution is 2.40. The lowest BCUT2D eigenvalue weighted by atomic mass is 10.0. The first-order valence-electron chi connectivity index (χ1n) is 4.75. The van der Waals surface area contributed by atoms with Crippen molar-refractivity contribution < 1.29 is 9.66 Å². The standard InChI is InChI=1S/C11H10BrNO3/c1-11(2)6-9(12)8-5-7(13(14)15)3-4-10(8)16-11/h3-6H,1-2H3. The number of hydrogen-bond donors (Lipinski definition) is 0. The van der Waals surface area contributed by atoms with Crippen molar-refractivity contribution in [2.24, 2.45) is 0 Å². The molecule has 0 N–H and O–H groups in total. The maximum atomic E-state index is 10.7. The maximum absolute atomic E-state index is 10.7. The lowest BCUT2D eigenvalue weighted by Crippen LogP contribution is -2.28. The van der Waals surface area contributed by atoms with Crippen LogP contribution in [-0.2, 0) is 0 Å². The first kappa shape index (κ1) is 11.1. The van der Waals surface area contributed by atoms with E-state index in [2.05, 4.69) is 15.9 Å². The maximum Gasteiger partial charge on any atom is 0.270 e. The predicted molar refractivity (Wildman–Crippen MR) is 64.7 cm³/mol. The molecule has 5 heteroatoms. The van der Waals surface area contributed by atoms with Gasteiger partial charge in [0.1, 0.15) is 11.4 Å². The number of benzene rings is 1. The Labute approximate surface area is 101 Å². The number of nitro benzene ring substituents is 1. The minimum atomic E-state index is -0.416. The van der Waals surface area contributed by atoms with Gasteiger partial charge < -0.3 is 4.74 Å². The second kappa shape index (κ2) is 3.59. The summed E-state index contributed by atoms with van der Waals surface area (Å²) in [4.78, 5) is 10.2. The van der Waals surface area contributed by atoms with Gasteiger partial charge in [-0.15, -0.1) is 0 Å². The van der Waals surface area contributed by atoms with Crippen LogP contribution in [0.15, 0.2) is 24.3 Å². The average Bonchev–Trinajstić information content (AvgIpc) is 2.15. The van der Waals surface area contributed by atoms with Gasteiger partial charge >= 0.3 is 0 Å². The molecule has 4 nitrogen and oxygen atoms in total. The summed E-state index contributed by atoms with van der Waals surface area (Å²) in [6.45, 7) is 3.86. The molecule has 0 bridgehead atoms. The molecule has 0 unspecified atom stereocenters. The molecule has 84 valence electrons. The van der Waals surface area contributed by atoms with E-state index in [1.54, 1.807) is 6.07 Å². The summed E-state index contributed by atoms with van der Waals surface area (Å²) in [6, 6.07) is 4.58. The molecule has 1 aromatic rings. The molecule has 0 spiro atoms. The highest BCUT2D eigenvalue weighted by molar-refractivity contribution is 9.15. The van der Waals surface area contributed by atoms with Crippen molar-refractivity contribution in [3.63, 3.8) is 0 Å². The zero-order valence-corrected chi connectivity index (χ0v) is 10.4. The number of fused-ring (bicyclic) bond motifs is 1. The highest BCUT2D eigenvalue weighted by Gasteiger charge is 2.26. The molecule has 2 rings (SSSR count). The summed E-state index contributed by atoms with van der Waals surface area (Å²) in [6.07, 6.45) is 1.89. The SMILES string of the molecule is CC1(C)C=C(Br)c2cc([N+](=O)[O-])ccc2O1. The van der Waals surface area contributed by atoms with E-state index >= 15 is 0 Å². The molecular weight excluding hydrogens is 274 g/mol. The van der Waals surface area contributed by atoms with Gasteiger partial charge in [0.25, 0.3) is 5.69 Å². The lowest BCUT2D eigenvalue weighted by Gasteiger charge is -2.29. The van der Waals surface area contributed by atoms with Crippen molar-refractivity contribution in [2.45, 2.75) is 19.4 Å². The van der Waals surface area contributed by atoms with Crippen LogP contribution in [0.2, 0.25) is 0 Å². The first-order chi connectivity index (χ1) is 7.39. The third-order valence-electron chi connectivity index (χ3n) is 2.28. The molecular formula is C11H10BrNO3. The largest absolute Gasteiger partial charge is 0.483 e. The fourth-order valence-electron chi connectivity index (χ4n) is 1.60. The van der Waals surface area contributed by atoms with E-state index in [9.17, 15) is 10.1 Å². The second-order valence-corrected chi connectivity index (χ2v) is 4.99. The summed E-state index contributed by atoms with van der Waals surface area (Å²) >= 11 is 3.40. The number of non-ortho nitro benzene ring substituents is 1. The molecule has 1 aromatic carbocycles. The molecule has 0 saturated heterocycles. The zero-order valence-electron chi connectivity index (χ0n) is 8.86. The smallest absolute Gasteiger partial charge is 0.270 e. The van der Waals surface area contributed by atoms with Gasteiger partial charge in [-0.05, 0) is 26.0 Å². The second-order valence-electron chi connectivity index (χ2n) is 4.14. The minimum Gasteiger partial charge on any atom is -0.483 e. The van der Waals surface area contributed by atoms with Crippen molar-refractivity contribution in [2.75, 3.05) is 0 Å². The highest BCUT2D eigenvalue weighted by atomic mass is 79.9. The monoisotopic (exact) mass is 283 g/mol. The molecule has 16 heavy (non-hydrogen) atoms. The molecule has 1 aliphatic heterocycles. The van der Waals surface area contributed by atoms with E-state index < -0.39 is 10.5 Å². The van der Waals surface area contributed by atoms with Gasteiger partial charge in [-0.2, -0.15) is 0 Å². The Hall–Kier alpha value is -1.36. The van der Waals surface area contributed by atoms with Crippen molar-refractivity contribution in [3.8, 4) is 5.75 Å². The number of ether oxygens (including phenoxy) is 1. The number of halogens is 1. The van der Waals surface area contributed by atoms with E-state index in [1.807, 2.05) is 19.9 Å². The van der Waals surface area contributed by atoms with Crippen LogP contribution < -0.4 is 4.74 Å². The summed E-state index contributed by atoms with van der Waals surface area (Å²) < 4.78 is 6.52. The van der Waals surface area contributed by atoms with Gasteiger partial charge in [0, 0.05) is 22.2 Å². The van der Waals surface area contributed by atoms with Crippen LogP contribution in [0.25, 0.3) is 4.48 Å². The van der Waals surface area contributed by atoms with Gasteiger partial charge in [-0.1, -0.05) is 15.9 Å². The summed E-state index contributed by atoms with van der Waals surface area (Å²) in [5, 5.41) is 10.7. The van der Waals surface area contributed by atoms with Crippen molar-refractivity contribution in [1.29, 1.82) is 0 Å². The third-order valence-corrected chi connectivity index (χ3v) is 2.93. The Balaban J connectivity index is 2.54. The molecule has 0 radical (unpaired) electrons. The van der Waals surface area contributed by atoms with Crippen molar-refractivity contribution in [1.82, 2.24) is 0 Å². The van der Waals surface area contributed by atoms with Gasteiger partial charge in [0.05, 0.1) is 4.92 Å². The van der Waals surface area contributed by atoms with E-state index in [0.29, 0.717) is 11.3 Å². The number of rotatable bonds is 1. The molecule has 0 saturated carbocycles. The fraction of sp³-hybridized carbons (Fsp3) is 0.273. The van der Waals surface area contributed by atoms with E-state index in [4.69, 9.17) is 4.74 Å². The third kappa shape index (κ3) is 1.95. The zero-order chi connectivity index (χ0) is 11.9. The normalized spacial score (nSPS) is 17.1. The predicted octanol–water partition coefficient (Wildman–Crippen LogP) is 3.50. The molecule has 0 aromatic heterocycles. The average molecular weight is 284 g/mol. The van der Waals surface area contributed by atoms with Crippen LogP contribution in [0.1, 0.15) is 19.4 Å². The van der Waals surface area contributed by atoms with Gasteiger partial charge in [0.15, 0.2) is 0 Å². The van der Waals surface area contributed by atoms with Crippen LogP contribution in [-0.4, -0.2) is 10.5 Å². The minimum absolute atomic E-state index is 0.0624. The Bertz CT molecular complexity index is 494. The van der Waals surface area contributed by atoms with E-state index in [-0.39, 0.29) is 5.69 Å². The summed E-state index contributed by atoms with van der Waals surface area (Å²) in [7, 11) is 0. The lowest BCUT2D eigenvalue weighted by molar-refractivity contribution is -0.384. The number of nitrogens with zero attached hydrogens (tertiary/aromatic N) is 1. The Morgan fingerprint density at radius 2 is 2.12 bits per heavy atom. The van der Waals surface area contributed by atoms with Crippen LogP contribution in [0.3, 0.4) is 0 Å². The van der Waals surface area contributed by atoms with Crippen molar-refractivity contribution >= 4 is 26.1 Å². The summed E-state index contributed by atoms with van der Waals surface area (Å²) in [5.41, 5.74) is 0.378. The van der Waals surface area contributed by atoms with Crippen molar-refractivity contribution in [3.05, 3.63) is 40.0 Å². The molecule has 0 fully saturated rings. The molecule has 0 aliphatic carbocycles. The Morgan fingerprint density at radius 3 is 2.75 bits per heavy atom. The topological polar surface area (TPSA) is 52.4 Å². The fourth-order valence-corrected chi connectivity index (χ4v) is 2.46. The molecule has 1 aliphatic rings. The number of nitro groups is 1. The first-order valence-corrected chi connectivity index (χ1v) is 5.54. The number of hydrogen-bond acceptors (Lipinski definition) is 3. The summed E-state index contributed by atoms with van der Waals surface area (Å²) in [5.74, 6) is 0.657. The van der Waals surface area contributed by atoms with Crippen LogP contribution in [0, 0.1) is 10.1 Å². The Morgan fingerprint density at radius 1 is 1.44 bits per heavy atom. The molecule has 0 amide bonds. The molecule has 0 atom stereocenters. The van der Waals surface area contributed by atoms with E-state index in [1.165, 1.54) is 12.1 Å². The molecule has 1 heterocycles. The van der Waals surface area contributed by atoms with Gasteiger partial charge in [-0.3, -0.25) is 10.1 Å².